The van der Waals surface area contributed by atoms with Gasteiger partial charge in [-0.1, -0.05) is 52.8 Å². The van der Waals surface area contributed by atoms with Gasteiger partial charge in [0.1, 0.15) is 0 Å². The minimum atomic E-state index is 0.378. The predicted octanol–water partition coefficient (Wildman–Crippen LogP) is 3.43. The van der Waals surface area contributed by atoms with Gasteiger partial charge in [0, 0.05) is 0 Å². The molecule has 1 heteroatoms. The van der Waals surface area contributed by atoms with Crippen molar-refractivity contribution in [3.8, 4) is 0 Å². The largest absolute Gasteiger partial charge is 0.0802 e. The molecule has 2 atom stereocenters. The van der Waals surface area contributed by atoms with Gasteiger partial charge >= 0.3 is 0 Å². The minimum Gasteiger partial charge on any atom is -0.0802 e. The molecule has 0 aromatic rings. The van der Waals surface area contributed by atoms with Crippen LogP contribution in [0.15, 0.2) is 0 Å². The first-order valence-corrected chi connectivity index (χ1v) is 4.83. The molecule has 0 nitrogen and oxygen atoms in total. The lowest BCUT2D eigenvalue weighted by Gasteiger charge is -2.19. The topological polar surface area (TPSA) is 0 Å². The molecule has 0 saturated carbocycles. The Hall–Kier alpha value is 0.0649. The second kappa shape index (κ2) is 5.68. The van der Waals surface area contributed by atoms with E-state index >= 15 is 0 Å². The summed E-state index contributed by atoms with van der Waals surface area (Å²) in [7, 11) is 5.70. The van der Waals surface area contributed by atoms with Crippen LogP contribution in [0.2, 0.25) is 5.82 Å². The molecule has 0 amide bonds. The molecule has 0 aliphatic heterocycles. The van der Waals surface area contributed by atoms with E-state index in [9.17, 15) is 0 Å². The van der Waals surface area contributed by atoms with Crippen LogP contribution in [0.25, 0.3) is 0 Å². The summed E-state index contributed by atoms with van der Waals surface area (Å²) in [6.07, 6.45) is 3.77. The fraction of sp³-hybridized carbons (Fsp3) is 1.00. The second-order valence-electron chi connectivity index (χ2n) is 3.97. The van der Waals surface area contributed by atoms with Crippen LogP contribution in [0.3, 0.4) is 0 Å². The standard InChI is InChI=1S/C10H21B/c1-5-10(8(2)3)7-6-9(4)11/h8-10H,5-7H2,1-4H3. The summed E-state index contributed by atoms with van der Waals surface area (Å²) in [5, 5.41) is 0. The van der Waals surface area contributed by atoms with Gasteiger partial charge in [-0.3, -0.25) is 0 Å². The molecule has 0 aromatic heterocycles. The first kappa shape index (κ1) is 11.1. The Morgan fingerprint density at radius 2 is 1.64 bits per heavy atom. The van der Waals surface area contributed by atoms with E-state index < -0.39 is 0 Å². The first-order chi connectivity index (χ1) is 5.07. The molecule has 2 radical (unpaired) electrons. The Labute approximate surface area is 73.2 Å². The SMILES string of the molecule is [B]C(C)CCC(CC)C(C)C. The fourth-order valence-electron chi connectivity index (χ4n) is 1.49. The lowest BCUT2D eigenvalue weighted by atomic mass is 9.80. The first-order valence-electron chi connectivity index (χ1n) is 4.83. The zero-order valence-corrected chi connectivity index (χ0v) is 8.43. The summed E-state index contributed by atoms with van der Waals surface area (Å²) in [5.74, 6) is 2.07. The van der Waals surface area contributed by atoms with E-state index in [1.165, 1.54) is 19.3 Å². The van der Waals surface area contributed by atoms with Crippen LogP contribution in [-0.2, 0) is 0 Å². The highest BCUT2D eigenvalue weighted by Gasteiger charge is 2.10. The monoisotopic (exact) mass is 152 g/mol. The molecule has 0 N–H and O–H groups in total. The lowest BCUT2D eigenvalue weighted by Crippen LogP contribution is -2.07. The molecule has 0 aromatic carbocycles. The summed E-state index contributed by atoms with van der Waals surface area (Å²) < 4.78 is 0. The van der Waals surface area contributed by atoms with Crippen LogP contribution >= 0.6 is 0 Å². The molecule has 0 bridgehead atoms. The zero-order chi connectivity index (χ0) is 8.85. The van der Waals surface area contributed by atoms with Crippen LogP contribution in [0, 0.1) is 11.8 Å². The zero-order valence-electron chi connectivity index (χ0n) is 8.43. The van der Waals surface area contributed by atoms with E-state index in [2.05, 4.69) is 27.7 Å². The quantitative estimate of drug-likeness (QED) is 0.529. The van der Waals surface area contributed by atoms with E-state index in [-0.39, 0.29) is 0 Å². The van der Waals surface area contributed by atoms with Gasteiger partial charge in [-0.05, 0) is 11.8 Å². The normalized spacial score (nSPS) is 16.8. The molecular weight excluding hydrogens is 131 g/mol. The Kier molecular flexibility index (Phi) is 5.72. The Morgan fingerprint density at radius 1 is 1.09 bits per heavy atom. The Morgan fingerprint density at radius 3 is 1.91 bits per heavy atom. The van der Waals surface area contributed by atoms with Crippen molar-refractivity contribution < 1.29 is 0 Å². The molecule has 0 rings (SSSR count). The van der Waals surface area contributed by atoms with Crippen molar-refractivity contribution >= 4 is 7.85 Å². The second-order valence-corrected chi connectivity index (χ2v) is 3.97. The van der Waals surface area contributed by atoms with Gasteiger partial charge in [0.25, 0.3) is 0 Å². The van der Waals surface area contributed by atoms with Crippen LogP contribution in [0.5, 0.6) is 0 Å². The third-order valence-electron chi connectivity index (χ3n) is 2.46. The highest BCUT2D eigenvalue weighted by Crippen LogP contribution is 2.23. The highest BCUT2D eigenvalue weighted by atomic mass is 14.2. The lowest BCUT2D eigenvalue weighted by molar-refractivity contribution is 0.340. The predicted molar refractivity (Wildman–Crippen MR) is 53.0 cm³/mol. The number of hydrogen-bond donors (Lipinski definition) is 0. The van der Waals surface area contributed by atoms with Crippen molar-refractivity contribution in [2.75, 3.05) is 0 Å². The molecule has 2 unspecified atom stereocenters. The summed E-state index contributed by atoms with van der Waals surface area (Å²) in [6, 6.07) is 0. The maximum atomic E-state index is 5.70. The summed E-state index contributed by atoms with van der Waals surface area (Å²) in [5.41, 5.74) is 0. The van der Waals surface area contributed by atoms with Crippen molar-refractivity contribution in [2.45, 2.75) is 52.8 Å². The number of hydrogen-bond acceptors (Lipinski definition) is 0. The van der Waals surface area contributed by atoms with Crippen LogP contribution < -0.4 is 0 Å². The van der Waals surface area contributed by atoms with E-state index in [4.69, 9.17) is 7.85 Å². The fourth-order valence-corrected chi connectivity index (χ4v) is 1.49. The van der Waals surface area contributed by atoms with Crippen LogP contribution in [0.4, 0.5) is 0 Å². The van der Waals surface area contributed by atoms with Gasteiger partial charge in [-0.2, -0.15) is 0 Å². The molecule has 0 fully saturated rings. The highest BCUT2D eigenvalue weighted by molar-refractivity contribution is 6.11. The molecule has 0 saturated heterocycles. The van der Waals surface area contributed by atoms with Gasteiger partial charge in [-0.25, -0.2) is 0 Å². The molecule has 0 aliphatic rings. The molecule has 0 spiro atoms. The molecule has 64 valence electrons. The Bertz CT molecular complexity index is 86.9. The molecule has 11 heavy (non-hydrogen) atoms. The van der Waals surface area contributed by atoms with E-state index in [1.54, 1.807) is 0 Å². The van der Waals surface area contributed by atoms with Crippen LogP contribution in [0.1, 0.15) is 47.0 Å². The molecule has 0 aliphatic carbocycles. The summed E-state index contributed by atoms with van der Waals surface area (Å²) in [4.78, 5) is 0. The van der Waals surface area contributed by atoms with Crippen molar-refractivity contribution in [1.29, 1.82) is 0 Å². The van der Waals surface area contributed by atoms with Crippen LogP contribution in [-0.4, -0.2) is 7.85 Å². The van der Waals surface area contributed by atoms with Gasteiger partial charge in [-0.15, -0.1) is 0 Å². The Balaban J connectivity index is 3.52. The minimum absolute atomic E-state index is 0.378. The molecule has 0 heterocycles. The summed E-state index contributed by atoms with van der Waals surface area (Å²) in [6.45, 7) is 8.96. The third-order valence-corrected chi connectivity index (χ3v) is 2.46. The average Bonchev–Trinajstić information content (AvgIpc) is 1.87. The third kappa shape index (κ3) is 5.35. The van der Waals surface area contributed by atoms with Crippen molar-refractivity contribution in [3.05, 3.63) is 0 Å². The summed E-state index contributed by atoms with van der Waals surface area (Å²) >= 11 is 0. The van der Waals surface area contributed by atoms with Crippen molar-refractivity contribution in [2.24, 2.45) is 11.8 Å². The maximum absolute atomic E-state index is 5.70. The van der Waals surface area contributed by atoms with Gasteiger partial charge in [0.15, 0.2) is 0 Å². The van der Waals surface area contributed by atoms with E-state index in [0.29, 0.717) is 5.82 Å². The van der Waals surface area contributed by atoms with E-state index in [1.807, 2.05) is 0 Å². The number of rotatable bonds is 5. The maximum Gasteiger partial charge on any atom is 0.0695 e. The molecular formula is C10H21B. The average molecular weight is 152 g/mol. The van der Waals surface area contributed by atoms with Gasteiger partial charge in [0.05, 0.1) is 7.85 Å². The smallest absolute Gasteiger partial charge is 0.0695 e. The van der Waals surface area contributed by atoms with Crippen molar-refractivity contribution in [3.63, 3.8) is 0 Å². The van der Waals surface area contributed by atoms with Gasteiger partial charge < -0.3 is 0 Å². The van der Waals surface area contributed by atoms with Gasteiger partial charge in [0.2, 0.25) is 0 Å². The van der Waals surface area contributed by atoms with E-state index in [0.717, 1.165) is 11.8 Å². The van der Waals surface area contributed by atoms with Crippen molar-refractivity contribution in [1.82, 2.24) is 0 Å².